The van der Waals surface area contributed by atoms with Crippen molar-refractivity contribution in [3.63, 3.8) is 0 Å². The molecule has 3 N–H and O–H groups in total. The highest BCUT2D eigenvalue weighted by Gasteiger charge is 2.26. The van der Waals surface area contributed by atoms with Crippen LogP contribution in [0.25, 0.3) is 11.6 Å². The second-order valence-corrected chi connectivity index (χ2v) is 10.00. The Balaban J connectivity index is 1.88. The van der Waals surface area contributed by atoms with Gasteiger partial charge in [0.25, 0.3) is 5.91 Å². The molecule has 0 unspecified atom stereocenters. The van der Waals surface area contributed by atoms with E-state index in [4.69, 9.17) is 0 Å². The van der Waals surface area contributed by atoms with E-state index < -0.39 is 9.84 Å². The van der Waals surface area contributed by atoms with Crippen LogP contribution in [0.4, 0.5) is 11.4 Å². The quantitative estimate of drug-likeness (QED) is 0.526. The number of hydrogen-bond donors (Lipinski definition) is 3. The summed E-state index contributed by atoms with van der Waals surface area (Å²) >= 11 is 0. The minimum absolute atomic E-state index is 0.0666. The third-order valence-electron chi connectivity index (χ3n) is 5.78. The molecule has 1 aliphatic heterocycles. The first kappa shape index (κ1) is 23.7. The van der Waals surface area contributed by atoms with Crippen molar-refractivity contribution in [2.75, 3.05) is 36.5 Å². The minimum atomic E-state index is -3.40. The fourth-order valence-electron chi connectivity index (χ4n) is 3.79. The number of aromatic nitrogens is 1. The van der Waals surface area contributed by atoms with Gasteiger partial charge in [0.1, 0.15) is 0 Å². The fourth-order valence-corrected chi connectivity index (χ4v) is 4.44. The summed E-state index contributed by atoms with van der Waals surface area (Å²) in [5.41, 5.74) is 4.46. The summed E-state index contributed by atoms with van der Waals surface area (Å²) in [5, 5.41) is 5.75. The maximum atomic E-state index is 12.6. The van der Waals surface area contributed by atoms with Gasteiger partial charge in [0.2, 0.25) is 5.91 Å². The predicted octanol–water partition coefficient (Wildman–Crippen LogP) is 3.20. The van der Waals surface area contributed by atoms with Gasteiger partial charge >= 0.3 is 0 Å². The van der Waals surface area contributed by atoms with Gasteiger partial charge in [-0.1, -0.05) is 13.8 Å². The van der Waals surface area contributed by atoms with Crippen molar-refractivity contribution in [2.24, 2.45) is 0 Å². The van der Waals surface area contributed by atoms with Crippen LogP contribution in [0.1, 0.15) is 42.8 Å². The molecule has 0 saturated heterocycles. The van der Waals surface area contributed by atoms with E-state index in [0.29, 0.717) is 41.2 Å². The van der Waals surface area contributed by atoms with Gasteiger partial charge in [0.15, 0.2) is 9.84 Å². The topological polar surface area (TPSA) is 111 Å². The fraction of sp³-hybridized carbons (Fsp3) is 0.391. The molecule has 8 nitrogen and oxygen atoms in total. The Morgan fingerprint density at radius 2 is 1.88 bits per heavy atom. The molecule has 0 saturated carbocycles. The van der Waals surface area contributed by atoms with Crippen molar-refractivity contribution in [2.45, 2.75) is 39.0 Å². The second-order valence-electron chi connectivity index (χ2n) is 7.98. The lowest BCUT2D eigenvalue weighted by atomic mass is 10.0. The number of H-pyrrole nitrogens is 1. The number of nitrogens with zero attached hydrogens (tertiary/aromatic N) is 1. The zero-order valence-corrected chi connectivity index (χ0v) is 19.9. The number of nitrogens with one attached hydrogen (secondary N) is 3. The molecule has 32 heavy (non-hydrogen) atoms. The predicted molar refractivity (Wildman–Crippen MR) is 127 cm³/mol. The zero-order valence-electron chi connectivity index (χ0n) is 19.1. The molecular weight excluding hydrogens is 428 g/mol. The molecular formula is C23H30N4O4S. The summed E-state index contributed by atoms with van der Waals surface area (Å²) in [6.45, 7) is 10.4. The minimum Gasteiger partial charge on any atom is -0.357 e. The van der Waals surface area contributed by atoms with Crippen LogP contribution in [0.5, 0.6) is 0 Å². The van der Waals surface area contributed by atoms with Gasteiger partial charge in [-0.15, -0.1) is 0 Å². The van der Waals surface area contributed by atoms with Gasteiger partial charge in [-0.25, -0.2) is 8.42 Å². The van der Waals surface area contributed by atoms with E-state index in [9.17, 15) is 18.0 Å². The highest BCUT2D eigenvalue weighted by molar-refractivity contribution is 7.90. The van der Waals surface area contributed by atoms with Gasteiger partial charge in [-0.2, -0.15) is 0 Å². The molecule has 1 aromatic carbocycles. The van der Waals surface area contributed by atoms with Gasteiger partial charge in [0, 0.05) is 41.9 Å². The van der Waals surface area contributed by atoms with E-state index in [0.717, 1.165) is 30.6 Å². The zero-order chi connectivity index (χ0) is 23.6. The number of carbonyl (C=O) groups excluding carboxylic acids is 2. The molecule has 2 heterocycles. The molecule has 1 aromatic heterocycles. The first-order valence-electron chi connectivity index (χ1n) is 10.6. The Bertz CT molecular complexity index is 1190. The van der Waals surface area contributed by atoms with Crippen molar-refractivity contribution in [1.82, 2.24) is 9.88 Å². The average Bonchev–Trinajstić information content (AvgIpc) is 3.18. The van der Waals surface area contributed by atoms with Gasteiger partial charge < -0.3 is 20.5 Å². The largest absolute Gasteiger partial charge is 0.357 e. The molecule has 1 aliphatic rings. The third kappa shape index (κ3) is 4.94. The van der Waals surface area contributed by atoms with Gasteiger partial charge in [-0.05, 0) is 56.8 Å². The average molecular weight is 459 g/mol. The molecule has 0 radical (unpaired) electrons. The van der Waals surface area contributed by atoms with Crippen LogP contribution in [0, 0.1) is 13.8 Å². The normalized spacial score (nSPS) is 14.7. The number of sulfone groups is 1. The summed E-state index contributed by atoms with van der Waals surface area (Å²) in [6, 6.07) is 4.58. The molecule has 0 bridgehead atoms. The standard InChI is InChI=1S/C23H30N4O4S/c1-6-27(7-2)11-10-21(28)26-22-14(3)20(24-15(22)4)13-18-17-12-16(32(5,30)31)8-9-19(17)25-23(18)29/h8-9,12-13,24H,6-7,10-11H2,1-5H3,(H,25,29)(H,26,28). The molecule has 2 aromatic rings. The molecule has 2 amide bonds. The summed E-state index contributed by atoms with van der Waals surface area (Å²) in [6.07, 6.45) is 3.23. The molecule has 3 rings (SSSR count). The molecule has 0 fully saturated rings. The number of rotatable bonds is 8. The number of aryl methyl sites for hydroxylation is 1. The van der Waals surface area contributed by atoms with Gasteiger partial charge in [0.05, 0.1) is 16.2 Å². The van der Waals surface area contributed by atoms with Crippen LogP contribution in [0.2, 0.25) is 0 Å². The third-order valence-corrected chi connectivity index (χ3v) is 6.89. The highest BCUT2D eigenvalue weighted by Crippen LogP contribution is 2.36. The number of fused-ring (bicyclic) bond motifs is 1. The smallest absolute Gasteiger partial charge is 0.256 e. The van der Waals surface area contributed by atoms with Crippen LogP contribution < -0.4 is 10.6 Å². The lowest BCUT2D eigenvalue weighted by molar-refractivity contribution is -0.116. The molecule has 9 heteroatoms. The van der Waals surface area contributed by atoms with E-state index in [1.54, 1.807) is 12.1 Å². The first-order chi connectivity index (χ1) is 15.0. The van der Waals surface area contributed by atoms with Crippen LogP contribution in [-0.2, 0) is 19.4 Å². The summed E-state index contributed by atoms with van der Waals surface area (Å²) in [7, 11) is -3.40. The Morgan fingerprint density at radius 1 is 1.19 bits per heavy atom. The van der Waals surface area contributed by atoms with Crippen molar-refractivity contribution in [3.8, 4) is 0 Å². The van der Waals surface area contributed by atoms with E-state index in [2.05, 4.69) is 34.4 Å². The van der Waals surface area contributed by atoms with E-state index in [1.165, 1.54) is 12.1 Å². The van der Waals surface area contributed by atoms with E-state index >= 15 is 0 Å². The number of benzene rings is 1. The Labute approximate surface area is 189 Å². The maximum absolute atomic E-state index is 12.6. The van der Waals surface area contributed by atoms with Gasteiger partial charge in [-0.3, -0.25) is 9.59 Å². The lowest BCUT2D eigenvalue weighted by Gasteiger charge is -2.17. The summed E-state index contributed by atoms with van der Waals surface area (Å²) in [5.74, 6) is -0.370. The summed E-state index contributed by atoms with van der Waals surface area (Å²) < 4.78 is 23.9. The van der Waals surface area contributed by atoms with Crippen LogP contribution >= 0.6 is 0 Å². The van der Waals surface area contributed by atoms with Crippen molar-refractivity contribution < 1.29 is 18.0 Å². The van der Waals surface area contributed by atoms with E-state index in [1.807, 2.05) is 13.8 Å². The van der Waals surface area contributed by atoms with Crippen LogP contribution in [-0.4, -0.2) is 56.0 Å². The monoisotopic (exact) mass is 458 g/mol. The SMILES string of the molecule is CCN(CC)CCC(=O)Nc1c(C)[nH]c(C=C2C(=O)Nc3ccc(S(C)(=O)=O)cc32)c1C. The molecule has 0 aliphatic carbocycles. The number of carbonyl (C=O) groups is 2. The Kier molecular flexibility index (Phi) is 6.90. The first-order valence-corrected chi connectivity index (χ1v) is 12.5. The van der Waals surface area contributed by atoms with Crippen molar-refractivity contribution >= 4 is 44.7 Å². The molecule has 0 spiro atoms. The van der Waals surface area contributed by atoms with Crippen molar-refractivity contribution in [1.29, 1.82) is 0 Å². The lowest BCUT2D eigenvalue weighted by Crippen LogP contribution is -2.27. The molecule has 172 valence electrons. The number of aromatic amines is 1. The second kappa shape index (κ2) is 9.30. The molecule has 0 atom stereocenters. The Morgan fingerprint density at radius 3 is 2.50 bits per heavy atom. The Hall–Kier alpha value is -2.91. The van der Waals surface area contributed by atoms with Crippen LogP contribution in [0.3, 0.4) is 0 Å². The number of amides is 2. The van der Waals surface area contributed by atoms with Crippen molar-refractivity contribution in [3.05, 3.63) is 40.7 Å². The number of hydrogen-bond acceptors (Lipinski definition) is 5. The number of anilines is 2. The van der Waals surface area contributed by atoms with E-state index in [-0.39, 0.29) is 16.7 Å². The van der Waals surface area contributed by atoms with Crippen LogP contribution in [0.15, 0.2) is 23.1 Å². The summed E-state index contributed by atoms with van der Waals surface area (Å²) in [4.78, 5) is 30.6. The maximum Gasteiger partial charge on any atom is 0.256 e. The highest BCUT2D eigenvalue weighted by atomic mass is 32.2.